The number of hydrogen-bond donors (Lipinski definition) is 1. The number of nitrogens with zero attached hydrogens (tertiary/aromatic N) is 1. The summed E-state index contributed by atoms with van der Waals surface area (Å²) in [6, 6.07) is 21.2. The van der Waals surface area contributed by atoms with E-state index in [1.807, 2.05) is 73.7 Å². The van der Waals surface area contributed by atoms with Crippen molar-refractivity contribution < 1.29 is 14.3 Å². The van der Waals surface area contributed by atoms with Crippen molar-refractivity contribution in [1.29, 1.82) is 0 Å². The molecule has 0 unspecified atom stereocenters. The van der Waals surface area contributed by atoms with Crippen molar-refractivity contribution in [2.75, 3.05) is 0 Å². The van der Waals surface area contributed by atoms with Gasteiger partial charge in [0, 0.05) is 21.5 Å². The molecule has 6 heteroatoms. The van der Waals surface area contributed by atoms with E-state index < -0.39 is 0 Å². The van der Waals surface area contributed by atoms with Crippen molar-refractivity contribution in [3.8, 4) is 17.0 Å². The van der Waals surface area contributed by atoms with E-state index in [0.29, 0.717) is 23.9 Å². The van der Waals surface area contributed by atoms with Crippen LogP contribution in [0.15, 0.2) is 75.6 Å². The predicted octanol–water partition coefficient (Wildman–Crippen LogP) is 6.73. The molecule has 0 aliphatic carbocycles. The molecule has 3 aromatic carbocycles. The molecule has 0 aliphatic rings. The van der Waals surface area contributed by atoms with Crippen LogP contribution in [-0.4, -0.2) is 10.1 Å². The minimum atomic E-state index is -0.0278. The summed E-state index contributed by atoms with van der Waals surface area (Å²) in [5.74, 6) is 2.17. The smallest absolute Gasteiger partial charge is 0.199 e. The first-order valence-electron chi connectivity index (χ1n) is 9.84. The second-order valence-electron chi connectivity index (χ2n) is 7.20. The summed E-state index contributed by atoms with van der Waals surface area (Å²) in [5, 5.41) is 10.2. The number of aliphatic hydroxyl groups is 1. The molecule has 0 spiro atoms. The van der Waals surface area contributed by atoms with Crippen LogP contribution >= 0.6 is 27.5 Å². The van der Waals surface area contributed by atoms with E-state index in [1.165, 1.54) is 0 Å². The lowest BCUT2D eigenvalue weighted by Gasteiger charge is -2.10. The van der Waals surface area contributed by atoms with E-state index in [-0.39, 0.29) is 6.61 Å². The largest absolute Gasteiger partial charge is 0.489 e. The van der Waals surface area contributed by atoms with Gasteiger partial charge < -0.3 is 14.3 Å². The third kappa shape index (κ3) is 5.37. The Hall–Kier alpha value is -2.60. The third-order valence-electron chi connectivity index (χ3n) is 4.95. The van der Waals surface area contributed by atoms with Crippen molar-refractivity contribution in [2.24, 2.45) is 0 Å². The highest BCUT2D eigenvalue weighted by molar-refractivity contribution is 9.10. The average molecular weight is 499 g/mol. The zero-order valence-electron chi connectivity index (χ0n) is 16.9. The average Bonchev–Trinajstić information content (AvgIpc) is 3.13. The zero-order valence-corrected chi connectivity index (χ0v) is 19.3. The first-order valence-corrected chi connectivity index (χ1v) is 11.0. The van der Waals surface area contributed by atoms with Crippen molar-refractivity contribution in [3.05, 3.63) is 105 Å². The third-order valence-corrected chi connectivity index (χ3v) is 5.67. The SMILES string of the molecule is Cc1oc(Cc2cccc(Cl)c2)nc1-c1ccc(OCc2ccc(Br)cc2CO)cc1. The zero-order chi connectivity index (χ0) is 21.8. The molecule has 0 radical (unpaired) electrons. The number of ether oxygens (including phenoxy) is 1. The normalized spacial score (nSPS) is 11.0. The molecular formula is C25H21BrClNO3. The number of rotatable bonds is 7. The van der Waals surface area contributed by atoms with Crippen molar-refractivity contribution in [2.45, 2.75) is 26.6 Å². The van der Waals surface area contributed by atoms with Crippen LogP contribution < -0.4 is 4.74 Å². The Balaban J connectivity index is 1.45. The molecule has 0 fully saturated rings. The Labute approximate surface area is 194 Å². The lowest BCUT2D eigenvalue weighted by Crippen LogP contribution is -2.00. The van der Waals surface area contributed by atoms with E-state index in [4.69, 9.17) is 20.8 Å². The molecule has 1 heterocycles. The first-order chi connectivity index (χ1) is 15.0. The van der Waals surface area contributed by atoms with Crippen molar-refractivity contribution in [1.82, 2.24) is 4.98 Å². The van der Waals surface area contributed by atoms with Gasteiger partial charge in [-0.15, -0.1) is 0 Å². The van der Waals surface area contributed by atoms with Gasteiger partial charge >= 0.3 is 0 Å². The topological polar surface area (TPSA) is 55.5 Å². The predicted molar refractivity (Wildman–Crippen MR) is 125 cm³/mol. The fraction of sp³-hybridized carbons (Fsp3) is 0.160. The number of oxazole rings is 1. The van der Waals surface area contributed by atoms with Crippen molar-refractivity contribution >= 4 is 27.5 Å². The van der Waals surface area contributed by atoms with Gasteiger partial charge in [-0.25, -0.2) is 4.98 Å². The lowest BCUT2D eigenvalue weighted by molar-refractivity contribution is 0.269. The van der Waals surface area contributed by atoms with Crippen LogP contribution in [0.25, 0.3) is 11.3 Å². The summed E-state index contributed by atoms with van der Waals surface area (Å²) >= 11 is 9.49. The van der Waals surface area contributed by atoms with Crippen LogP contribution in [-0.2, 0) is 19.6 Å². The Morgan fingerprint density at radius 1 is 1.03 bits per heavy atom. The summed E-state index contributed by atoms with van der Waals surface area (Å²) in [5.41, 5.74) is 4.63. The first kappa shape index (κ1) is 21.6. The molecule has 0 saturated carbocycles. The lowest BCUT2D eigenvalue weighted by atomic mass is 10.1. The number of aryl methyl sites for hydroxylation is 1. The summed E-state index contributed by atoms with van der Waals surface area (Å²) in [7, 11) is 0. The van der Waals surface area contributed by atoms with E-state index >= 15 is 0 Å². The molecule has 4 nitrogen and oxygen atoms in total. The van der Waals surface area contributed by atoms with Crippen LogP contribution in [0.1, 0.15) is 28.3 Å². The molecule has 1 N–H and O–H groups in total. The Bertz CT molecular complexity index is 1190. The number of aliphatic hydroxyl groups excluding tert-OH is 1. The van der Waals surface area contributed by atoms with Gasteiger partial charge in [-0.3, -0.25) is 0 Å². The standard InChI is InChI=1S/C25H21BrClNO3/c1-16-25(28-24(31-16)12-17-3-2-4-22(27)11-17)18-6-9-23(10-7-18)30-15-19-5-8-21(26)13-20(19)14-29/h2-11,13,29H,12,14-15H2,1H3. The number of hydrogen-bond acceptors (Lipinski definition) is 4. The highest BCUT2D eigenvalue weighted by atomic mass is 79.9. The summed E-state index contributed by atoms with van der Waals surface area (Å²) in [6.07, 6.45) is 0.586. The van der Waals surface area contributed by atoms with Gasteiger partial charge in [0.1, 0.15) is 23.8 Å². The maximum Gasteiger partial charge on any atom is 0.199 e. The second-order valence-corrected chi connectivity index (χ2v) is 8.56. The molecule has 1 aromatic heterocycles. The summed E-state index contributed by atoms with van der Waals surface area (Å²) in [6.45, 7) is 2.27. The molecule has 0 bridgehead atoms. The van der Waals surface area contributed by atoms with Crippen LogP contribution in [0.4, 0.5) is 0 Å². The number of halogens is 2. The van der Waals surface area contributed by atoms with E-state index in [2.05, 4.69) is 20.9 Å². The Morgan fingerprint density at radius 2 is 1.84 bits per heavy atom. The van der Waals surface area contributed by atoms with E-state index in [1.54, 1.807) is 0 Å². The van der Waals surface area contributed by atoms with Gasteiger partial charge in [0.25, 0.3) is 0 Å². The molecule has 0 amide bonds. The van der Waals surface area contributed by atoms with Crippen LogP contribution in [0, 0.1) is 6.92 Å². The van der Waals surface area contributed by atoms with Gasteiger partial charge in [0.15, 0.2) is 5.89 Å². The van der Waals surface area contributed by atoms with Gasteiger partial charge in [-0.05, 0) is 72.1 Å². The van der Waals surface area contributed by atoms with Crippen LogP contribution in [0.3, 0.4) is 0 Å². The number of aromatic nitrogens is 1. The Morgan fingerprint density at radius 3 is 2.58 bits per heavy atom. The summed E-state index contributed by atoms with van der Waals surface area (Å²) < 4.78 is 12.7. The van der Waals surface area contributed by atoms with Gasteiger partial charge in [-0.1, -0.05) is 45.7 Å². The quantitative estimate of drug-likeness (QED) is 0.307. The maximum atomic E-state index is 9.54. The number of benzene rings is 3. The monoisotopic (exact) mass is 497 g/mol. The molecule has 158 valence electrons. The van der Waals surface area contributed by atoms with E-state index in [9.17, 15) is 5.11 Å². The minimum Gasteiger partial charge on any atom is -0.489 e. The van der Waals surface area contributed by atoms with Crippen molar-refractivity contribution in [3.63, 3.8) is 0 Å². The fourth-order valence-electron chi connectivity index (χ4n) is 3.37. The minimum absolute atomic E-state index is 0.0278. The second kappa shape index (κ2) is 9.69. The summed E-state index contributed by atoms with van der Waals surface area (Å²) in [4.78, 5) is 4.68. The Kier molecular flexibility index (Phi) is 6.76. The molecule has 4 aromatic rings. The molecule has 0 atom stereocenters. The molecule has 4 rings (SSSR count). The molecule has 0 aliphatic heterocycles. The highest BCUT2D eigenvalue weighted by Gasteiger charge is 2.13. The maximum absolute atomic E-state index is 9.54. The molecular weight excluding hydrogens is 478 g/mol. The highest BCUT2D eigenvalue weighted by Crippen LogP contribution is 2.27. The van der Waals surface area contributed by atoms with Crippen LogP contribution in [0.5, 0.6) is 5.75 Å². The van der Waals surface area contributed by atoms with Crippen LogP contribution in [0.2, 0.25) is 5.02 Å². The molecule has 31 heavy (non-hydrogen) atoms. The molecule has 0 saturated heterocycles. The van der Waals surface area contributed by atoms with Gasteiger partial charge in [0.2, 0.25) is 0 Å². The van der Waals surface area contributed by atoms with E-state index in [0.717, 1.165) is 43.9 Å². The van der Waals surface area contributed by atoms with Gasteiger partial charge in [0.05, 0.1) is 6.61 Å². The fourth-order valence-corrected chi connectivity index (χ4v) is 3.99. The van der Waals surface area contributed by atoms with Gasteiger partial charge in [-0.2, -0.15) is 0 Å².